The monoisotopic (exact) mass is 453 g/mol. The number of sulfonamides is 1. The Kier molecular flexibility index (Phi) is 5.66. The summed E-state index contributed by atoms with van der Waals surface area (Å²) in [6, 6.07) is 10.1. The Morgan fingerprint density at radius 3 is 2.28 bits per heavy atom. The normalized spacial score (nSPS) is 11.7. The van der Waals surface area contributed by atoms with E-state index in [1.165, 1.54) is 12.5 Å². The van der Waals surface area contributed by atoms with Crippen molar-refractivity contribution in [3.63, 3.8) is 0 Å². The average molecular weight is 454 g/mol. The first-order chi connectivity index (χ1) is 15.2. The molecule has 0 aliphatic heterocycles. The largest absolute Gasteiger partial charge is 0.438 e. The summed E-state index contributed by atoms with van der Waals surface area (Å²) in [7, 11) is -3.78. The highest BCUT2D eigenvalue weighted by molar-refractivity contribution is 7.92. The van der Waals surface area contributed by atoms with Gasteiger partial charge in [-0.3, -0.25) is 9.29 Å². The summed E-state index contributed by atoms with van der Waals surface area (Å²) in [5.41, 5.74) is 2.31. The van der Waals surface area contributed by atoms with Crippen LogP contribution >= 0.6 is 0 Å². The van der Waals surface area contributed by atoms with Crippen molar-refractivity contribution in [1.82, 2.24) is 29.3 Å². The lowest BCUT2D eigenvalue weighted by Gasteiger charge is -2.09. The van der Waals surface area contributed by atoms with Crippen molar-refractivity contribution in [3.05, 3.63) is 66.6 Å². The van der Waals surface area contributed by atoms with Crippen LogP contribution in [0, 0.1) is 13.8 Å². The van der Waals surface area contributed by atoms with Crippen LogP contribution in [0.2, 0.25) is 0 Å². The van der Waals surface area contributed by atoms with Crippen LogP contribution < -0.4 is 9.46 Å². The van der Waals surface area contributed by atoms with E-state index in [2.05, 4.69) is 24.9 Å². The third-order valence-electron chi connectivity index (χ3n) is 4.90. The number of hydrogen-bond acceptors (Lipinski definition) is 7. The van der Waals surface area contributed by atoms with Gasteiger partial charge in [0.05, 0.1) is 12.0 Å². The molecule has 166 valence electrons. The molecule has 32 heavy (non-hydrogen) atoms. The quantitative estimate of drug-likeness (QED) is 0.454. The molecule has 11 heteroatoms. The number of aryl methyl sites for hydroxylation is 1. The molecule has 3 heterocycles. The number of anilines is 1. The molecule has 0 saturated carbocycles. The van der Waals surface area contributed by atoms with Crippen molar-refractivity contribution in [2.24, 2.45) is 0 Å². The van der Waals surface area contributed by atoms with E-state index >= 15 is 0 Å². The molecule has 0 spiro atoms. The van der Waals surface area contributed by atoms with E-state index < -0.39 is 10.0 Å². The van der Waals surface area contributed by atoms with Gasteiger partial charge in [-0.25, -0.2) is 9.97 Å². The molecule has 10 nitrogen and oxygen atoms in total. The van der Waals surface area contributed by atoms with Crippen molar-refractivity contribution < 1.29 is 13.2 Å². The van der Waals surface area contributed by atoms with Gasteiger partial charge < -0.3 is 9.30 Å². The first-order valence-electron chi connectivity index (χ1n) is 9.92. The average Bonchev–Trinajstić information content (AvgIpc) is 3.39. The number of hydrogen-bond donors (Lipinski definition) is 1. The summed E-state index contributed by atoms with van der Waals surface area (Å²) >= 11 is 0. The molecule has 4 rings (SSSR count). The second kappa shape index (κ2) is 8.42. The van der Waals surface area contributed by atoms with E-state index in [0.717, 1.165) is 11.4 Å². The van der Waals surface area contributed by atoms with Gasteiger partial charge in [0.2, 0.25) is 5.88 Å². The maximum Gasteiger partial charge on any atom is 0.280 e. The molecule has 0 bridgehead atoms. The summed E-state index contributed by atoms with van der Waals surface area (Å²) < 4.78 is 36.9. The SMILES string of the molecule is Cc1ncn(-c2ccc(Oc3ccc(NS(=O)(=O)c4cn(C(C)C)cn4)cc3)nn2)c1C. The van der Waals surface area contributed by atoms with Crippen LogP contribution in [0.25, 0.3) is 5.82 Å². The second-order valence-electron chi connectivity index (χ2n) is 7.50. The van der Waals surface area contributed by atoms with Crippen molar-refractivity contribution in [1.29, 1.82) is 0 Å². The van der Waals surface area contributed by atoms with E-state index in [0.29, 0.717) is 23.1 Å². The van der Waals surface area contributed by atoms with E-state index in [1.807, 2.05) is 32.3 Å². The van der Waals surface area contributed by atoms with Crippen molar-refractivity contribution in [2.75, 3.05) is 4.72 Å². The lowest BCUT2D eigenvalue weighted by atomic mass is 10.3. The van der Waals surface area contributed by atoms with E-state index in [9.17, 15) is 8.42 Å². The molecule has 0 radical (unpaired) electrons. The lowest BCUT2D eigenvalue weighted by molar-refractivity contribution is 0.454. The van der Waals surface area contributed by atoms with Gasteiger partial charge in [0.15, 0.2) is 10.8 Å². The highest BCUT2D eigenvalue weighted by Crippen LogP contribution is 2.23. The van der Waals surface area contributed by atoms with Gasteiger partial charge >= 0.3 is 0 Å². The van der Waals surface area contributed by atoms with Crippen LogP contribution in [0.15, 0.2) is 60.3 Å². The predicted molar refractivity (Wildman–Crippen MR) is 119 cm³/mol. The Bertz CT molecular complexity index is 1320. The molecule has 1 aromatic carbocycles. The van der Waals surface area contributed by atoms with Gasteiger partial charge in [0.25, 0.3) is 10.0 Å². The Labute approximate surface area is 186 Å². The Morgan fingerprint density at radius 1 is 0.969 bits per heavy atom. The second-order valence-corrected chi connectivity index (χ2v) is 9.13. The minimum atomic E-state index is -3.78. The first kappa shape index (κ1) is 21.5. The van der Waals surface area contributed by atoms with Crippen LogP contribution in [0.1, 0.15) is 31.3 Å². The summed E-state index contributed by atoms with van der Waals surface area (Å²) in [5.74, 6) is 1.45. The molecule has 1 N–H and O–H groups in total. The van der Waals surface area contributed by atoms with Crippen LogP contribution in [0.4, 0.5) is 5.69 Å². The standard InChI is InChI=1S/C21H23N7O3S/c1-14(2)27-11-21(23-12-27)32(29,30)26-17-5-7-18(8-6-17)31-20-10-9-19(24-25-20)28-13-22-15(3)16(28)4/h5-14,26H,1-4H3. The van der Waals surface area contributed by atoms with Gasteiger partial charge in [-0.1, -0.05) is 0 Å². The van der Waals surface area contributed by atoms with E-state index in [-0.39, 0.29) is 11.1 Å². The number of ether oxygens (including phenoxy) is 1. The maximum atomic E-state index is 12.5. The molecule has 0 aliphatic rings. The fraction of sp³-hybridized carbons (Fsp3) is 0.238. The molecule has 0 aliphatic carbocycles. The number of imidazole rings is 2. The molecule has 0 atom stereocenters. The minimum Gasteiger partial charge on any atom is -0.438 e. The number of nitrogens with one attached hydrogen (secondary N) is 1. The summed E-state index contributed by atoms with van der Waals surface area (Å²) in [4.78, 5) is 8.24. The zero-order chi connectivity index (χ0) is 22.9. The summed E-state index contributed by atoms with van der Waals surface area (Å²) in [6.45, 7) is 7.78. The number of aromatic nitrogens is 6. The van der Waals surface area contributed by atoms with E-state index in [1.54, 1.807) is 47.3 Å². The molecule has 0 unspecified atom stereocenters. The highest BCUT2D eigenvalue weighted by atomic mass is 32.2. The molecule has 3 aromatic heterocycles. The maximum absolute atomic E-state index is 12.5. The minimum absolute atomic E-state index is 0.0368. The Morgan fingerprint density at radius 2 is 1.72 bits per heavy atom. The molecule has 4 aromatic rings. The van der Waals surface area contributed by atoms with Crippen molar-refractivity contribution >= 4 is 15.7 Å². The lowest BCUT2D eigenvalue weighted by Crippen LogP contribution is -2.13. The Balaban J connectivity index is 1.43. The van der Waals surface area contributed by atoms with Crippen LogP contribution in [-0.4, -0.2) is 37.7 Å². The van der Waals surface area contributed by atoms with Crippen LogP contribution in [-0.2, 0) is 10.0 Å². The molecule has 0 amide bonds. The van der Waals surface area contributed by atoms with Gasteiger partial charge in [0, 0.05) is 29.7 Å². The van der Waals surface area contributed by atoms with Gasteiger partial charge in [-0.2, -0.15) is 8.42 Å². The fourth-order valence-electron chi connectivity index (χ4n) is 2.88. The number of rotatable bonds is 7. The van der Waals surface area contributed by atoms with E-state index in [4.69, 9.17) is 4.74 Å². The molecule has 0 fully saturated rings. The van der Waals surface area contributed by atoms with Crippen LogP contribution in [0.5, 0.6) is 11.6 Å². The van der Waals surface area contributed by atoms with Gasteiger partial charge in [-0.15, -0.1) is 10.2 Å². The zero-order valence-electron chi connectivity index (χ0n) is 18.1. The topological polar surface area (TPSA) is 117 Å². The summed E-state index contributed by atoms with van der Waals surface area (Å²) in [6.07, 6.45) is 4.69. The van der Waals surface area contributed by atoms with Crippen molar-refractivity contribution in [2.45, 2.75) is 38.8 Å². The highest BCUT2D eigenvalue weighted by Gasteiger charge is 2.18. The fourth-order valence-corrected chi connectivity index (χ4v) is 3.88. The smallest absolute Gasteiger partial charge is 0.280 e. The van der Waals surface area contributed by atoms with Crippen molar-refractivity contribution in [3.8, 4) is 17.4 Å². The first-order valence-corrected chi connectivity index (χ1v) is 11.4. The zero-order valence-corrected chi connectivity index (χ0v) is 18.9. The number of benzene rings is 1. The summed E-state index contributed by atoms with van der Waals surface area (Å²) in [5, 5.41) is 8.24. The Hall–Kier alpha value is -3.73. The van der Waals surface area contributed by atoms with Crippen LogP contribution in [0.3, 0.4) is 0 Å². The van der Waals surface area contributed by atoms with Gasteiger partial charge in [0.1, 0.15) is 12.1 Å². The number of nitrogens with zero attached hydrogens (tertiary/aromatic N) is 6. The molecular formula is C21H23N7O3S. The predicted octanol–water partition coefficient (Wildman–Crippen LogP) is 3.65. The van der Waals surface area contributed by atoms with Gasteiger partial charge in [-0.05, 0) is 58.0 Å². The molecular weight excluding hydrogens is 430 g/mol. The third-order valence-corrected chi connectivity index (χ3v) is 6.17. The third kappa shape index (κ3) is 4.47. The molecule has 0 saturated heterocycles.